The molecule has 0 aliphatic heterocycles. The van der Waals surface area contributed by atoms with Crippen LogP contribution in [0.4, 0.5) is 4.79 Å². The zero-order valence-electron chi connectivity index (χ0n) is 11.9. The fourth-order valence-corrected chi connectivity index (χ4v) is 2.05. The molecule has 1 amide bonds. The van der Waals surface area contributed by atoms with E-state index < -0.39 is 6.09 Å². The van der Waals surface area contributed by atoms with Crippen molar-refractivity contribution >= 4 is 17.0 Å². The van der Waals surface area contributed by atoms with E-state index in [1.165, 1.54) is 13.4 Å². The fraction of sp³-hybridized carbons (Fsp3) is 0.133. The van der Waals surface area contributed by atoms with Crippen LogP contribution in [0.3, 0.4) is 0 Å². The Labute approximate surface area is 126 Å². The summed E-state index contributed by atoms with van der Waals surface area (Å²) in [5, 5.41) is 9.92. The Morgan fingerprint density at radius 2 is 2.18 bits per heavy atom. The average molecular weight is 298 g/mol. The van der Waals surface area contributed by atoms with Crippen LogP contribution in [0.2, 0.25) is 0 Å². The van der Waals surface area contributed by atoms with Gasteiger partial charge in [0.2, 0.25) is 5.88 Å². The van der Waals surface area contributed by atoms with Crippen molar-refractivity contribution in [3.8, 4) is 11.6 Å². The van der Waals surface area contributed by atoms with Gasteiger partial charge in [0.1, 0.15) is 12.1 Å². The number of carbonyl (C=O) groups is 1. The molecule has 112 valence electrons. The third-order valence-corrected chi connectivity index (χ3v) is 3.17. The maximum Gasteiger partial charge on any atom is 0.407 e. The molecule has 0 saturated heterocycles. The minimum absolute atomic E-state index is 0.172. The van der Waals surface area contributed by atoms with Gasteiger partial charge in [-0.1, -0.05) is 0 Å². The van der Waals surface area contributed by atoms with E-state index in [9.17, 15) is 4.79 Å². The second-order valence-corrected chi connectivity index (χ2v) is 4.82. The fourth-order valence-electron chi connectivity index (χ4n) is 2.05. The highest BCUT2D eigenvalue weighted by Gasteiger charge is 2.09. The minimum atomic E-state index is -1.01. The van der Waals surface area contributed by atoms with Gasteiger partial charge in [-0.15, -0.1) is 0 Å². The van der Waals surface area contributed by atoms with E-state index in [0.717, 1.165) is 15.8 Å². The number of aromatic amines is 1. The zero-order valence-corrected chi connectivity index (χ0v) is 11.9. The van der Waals surface area contributed by atoms with Crippen LogP contribution in [0, 0.1) is 0 Å². The summed E-state index contributed by atoms with van der Waals surface area (Å²) in [6.07, 6.45) is 2.20. The van der Waals surface area contributed by atoms with Crippen molar-refractivity contribution in [1.29, 1.82) is 0 Å². The number of hydrogen-bond donors (Lipinski definition) is 2. The lowest BCUT2D eigenvalue weighted by Gasteiger charge is -2.12. The van der Waals surface area contributed by atoms with Crippen molar-refractivity contribution in [3.05, 3.63) is 48.5 Å². The Hall–Kier alpha value is -3.09. The van der Waals surface area contributed by atoms with E-state index in [-0.39, 0.29) is 6.54 Å². The van der Waals surface area contributed by atoms with Crippen LogP contribution in [0.15, 0.2) is 42.9 Å². The Kier molecular flexibility index (Phi) is 3.61. The molecule has 1 aromatic carbocycles. The zero-order chi connectivity index (χ0) is 15.5. The van der Waals surface area contributed by atoms with Gasteiger partial charge in [0.15, 0.2) is 0 Å². The van der Waals surface area contributed by atoms with Gasteiger partial charge >= 0.3 is 6.09 Å². The Balaban J connectivity index is 1.78. The van der Waals surface area contributed by atoms with Gasteiger partial charge in [-0.25, -0.2) is 14.8 Å². The molecule has 0 bridgehead atoms. The monoisotopic (exact) mass is 298 g/mol. The van der Waals surface area contributed by atoms with Gasteiger partial charge < -0.3 is 19.7 Å². The van der Waals surface area contributed by atoms with Gasteiger partial charge in [0.05, 0.1) is 12.2 Å². The average Bonchev–Trinajstić information content (AvgIpc) is 2.95. The number of ether oxygens (including phenoxy) is 1. The smallest absolute Gasteiger partial charge is 0.407 e. The molecule has 2 heterocycles. The van der Waals surface area contributed by atoms with Crippen LogP contribution < -0.4 is 4.74 Å². The Morgan fingerprint density at radius 1 is 1.32 bits per heavy atom. The molecule has 3 rings (SSSR count). The molecule has 2 N–H and O–H groups in total. The molecule has 7 heteroatoms. The molecule has 0 saturated carbocycles. The lowest BCUT2D eigenvalue weighted by Crippen LogP contribution is -2.24. The van der Waals surface area contributed by atoms with Gasteiger partial charge in [-0.05, 0) is 24.3 Å². The lowest BCUT2D eigenvalue weighted by atomic mass is 10.2. The van der Waals surface area contributed by atoms with E-state index >= 15 is 0 Å². The molecule has 0 aliphatic carbocycles. The summed E-state index contributed by atoms with van der Waals surface area (Å²) in [7, 11) is 1.48. The summed E-state index contributed by atoms with van der Waals surface area (Å²) >= 11 is 0. The van der Waals surface area contributed by atoms with Crippen LogP contribution >= 0.6 is 0 Å². The maximum absolute atomic E-state index is 10.8. The van der Waals surface area contributed by atoms with Crippen molar-refractivity contribution in [2.75, 3.05) is 7.05 Å². The molecule has 0 fully saturated rings. The van der Waals surface area contributed by atoms with Crippen LogP contribution in [-0.2, 0) is 6.54 Å². The van der Waals surface area contributed by atoms with Crippen LogP contribution in [0.25, 0.3) is 10.9 Å². The number of nitrogens with one attached hydrogen (secondary N) is 1. The first-order chi connectivity index (χ1) is 10.6. The van der Waals surface area contributed by atoms with Crippen molar-refractivity contribution in [2.45, 2.75) is 6.54 Å². The first-order valence-electron chi connectivity index (χ1n) is 6.62. The summed E-state index contributed by atoms with van der Waals surface area (Å²) in [6, 6.07) is 9.24. The number of benzene rings is 1. The van der Waals surface area contributed by atoms with E-state index in [2.05, 4.69) is 15.0 Å². The second-order valence-electron chi connectivity index (χ2n) is 4.82. The number of carboxylic acid groups (broad SMARTS) is 1. The molecular weight excluding hydrogens is 284 g/mol. The van der Waals surface area contributed by atoms with Crippen molar-refractivity contribution in [3.63, 3.8) is 0 Å². The molecule has 0 spiro atoms. The van der Waals surface area contributed by atoms with Gasteiger partial charge in [-0.2, -0.15) is 0 Å². The van der Waals surface area contributed by atoms with Gasteiger partial charge in [-0.3, -0.25) is 0 Å². The van der Waals surface area contributed by atoms with Crippen molar-refractivity contribution in [1.82, 2.24) is 19.9 Å². The molecule has 0 atom stereocenters. The molecule has 22 heavy (non-hydrogen) atoms. The standard InChI is InChI=1S/C15H14N4O3/c1-19(15(20)21)8-11-7-14(18-9-17-11)22-12-2-3-13-10(6-12)4-5-16-13/h2-7,9,16H,8H2,1H3,(H,20,21). The van der Waals surface area contributed by atoms with Crippen LogP contribution in [0.1, 0.15) is 5.69 Å². The number of hydrogen-bond acceptors (Lipinski definition) is 4. The van der Waals surface area contributed by atoms with Crippen molar-refractivity contribution < 1.29 is 14.6 Å². The molecular formula is C15H14N4O3. The molecule has 3 aromatic rings. The van der Waals surface area contributed by atoms with Gasteiger partial charge in [0, 0.05) is 30.2 Å². The predicted octanol–water partition coefficient (Wildman–Crippen LogP) is 2.86. The largest absolute Gasteiger partial charge is 0.465 e. The highest BCUT2D eigenvalue weighted by Crippen LogP contribution is 2.24. The summed E-state index contributed by atoms with van der Waals surface area (Å²) < 4.78 is 5.71. The number of rotatable bonds is 4. The summed E-state index contributed by atoms with van der Waals surface area (Å²) in [5.41, 5.74) is 1.59. The Bertz CT molecular complexity index is 815. The molecule has 0 radical (unpaired) electrons. The summed E-state index contributed by atoms with van der Waals surface area (Å²) in [6.45, 7) is 0.172. The SMILES string of the molecule is CN(Cc1cc(Oc2ccc3[nH]ccc3c2)ncn1)C(=O)O. The normalized spacial score (nSPS) is 10.6. The second kappa shape index (κ2) is 5.72. The highest BCUT2D eigenvalue weighted by molar-refractivity contribution is 5.80. The molecule has 2 aromatic heterocycles. The third-order valence-electron chi connectivity index (χ3n) is 3.17. The number of amides is 1. The van der Waals surface area contributed by atoms with Gasteiger partial charge in [0.25, 0.3) is 0 Å². The van der Waals surface area contributed by atoms with Crippen molar-refractivity contribution in [2.24, 2.45) is 0 Å². The lowest BCUT2D eigenvalue weighted by molar-refractivity contribution is 0.153. The first kappa shape index (κ1) is 13.9. The molecule has 7 nitrogen and oxygen atoms in total. The van der Waals surface area contributed by atoms with Crippen LogP contribution in [0.5, 0.6) is 11.6 Å². The van der Waals surface area contributed by atoms with E-state index in [1.54, 1.807) is 6.07 Å². The number of nitrogens with zero attached hydrogens (tertiary/aromatic N) is 3. The number of aromatic nitrogens is 3. The molecule has 0 aliphatic rings. The number of H-pyrrole nitrogens is 1. The first-order valence-corrected chi connectivity index (χ1v) is 6.62. The third kappa shape index (κ3) is 2.98. The van der Waals surface area contributed by atoms with E-state index in [0.29, 0.717) is 17.3 Å². The highest BCUT2D eigenvalue weighted by atomic mass is 16.5. The van der Waals surface area contributed by atoms with E-state index in [4.69, 9.17) is 9.84 Å². The Morgan fingerprint density at radius 3 is 3.00 bits per heavy atom. The summed E-state index contributed by atoms with van der Waals surface area (Å²) in [4.78, 5) is 23.2. The quantitative estimate of drug-likeness (QED) is 0.772. The topological polar surface area (TPSA) is 91.3 Å². The predicted molar refractivity (Wildman–Crippen MR) is 79.9 cm³/mol. The molecule has 0 unspecified atom stereocenters. The minimum Gasteiger partial charge on any atom is -0.465 e. The maximum atomic E-state index is 10.8. The van der Waals surface area contributed by atoms with E-state index in [1.807, 2.05) is 30.5 Å². The van der Waals surface area contributed by atoms with Crippen LogP contribution in [-0.4, -0.2) is 38.1 Å². The summed E-state index contributed by atoms with van der Waals surface area (Å²) in [5.74, 6) is 1.03. The number of fused-ring (bicyclic) bond motifs is 1.